The number of nitrogens with zero attached hydrogens (tertiary/aromatic N) is 4. The fraction of sp³-hybridized carbons (Fsp3) is 0.522. The van der Waals surface area contributed by atoms with Crippen molar-refractivity contribution >= 4 is 52.0 Å². The predicted molar refractivity (Wildman–Crippen MR) is 145 cm³/mol. The molecule has 0 amide bonds. The zero-order valence-electron chi connectivity index (χ0n) is 18.7. The van der Waals surface area contributed by atoms with Gasteiger partial charge in [0.15, 0.2) is 5.96 Å². The van der Waals surface area contributed by atoms with Gasteiger partial charge in [-0.05, 0) is 54.6 Å². The first-order valence-electron chi connectivity index (χ1n) is 11.2. The van der Waals surface area contributed by atoms with Gasteiger partial charge >= 0.3 is 0 Å². The van der Waals surface area contributed by atoms with Crippen LogP contribution in [0.25, 0.3) is 0 Å². The minimum atomic E-state index is -0.177. The first kappa shape index (κ1) is 25.0. The molecule has 2 aromatic rings. The summed E-state index contributed by atoms with van der Waals surface area (Å²) in [5.41, 5.74) is 1.11. The Labute approximate surface area is 211 Å². The Bertz CT molecular complexity index is 816. The number of benzene rings is 1. The molecule has 176 valence electrons. The average molecular weight is 573 g/mol. The van der Waals surface area contributed by atoms with Gasteiger partial charge in [-0.25, -0.2) is 4.39 Å². The predicted octanol–water partition coefficient (Wildman–Crippen LogP) is 3.46. The van der Waals surface area contributed by atoms with Crippen LogP contribution < -0.4 is 20.4 Å². The maximum atomic E-state index is 13.1. The summed E-state index contributed by atoms with van der Waals surface area (Å²) in [7, 11) is 1.84. The van der Waals surface area contributed by atoms with Crippen LogP contribution in [-0.4, -0.2) is 76.3 Å². The van der Waals surface area contributed by atoms with E-state index in [1.165, 1.54) is 17.1 Å². The number of thiophene rings is 1. The van der Waals surface area contributed by atoms with E-state index in [9.17, 15) is 4.39 Å². The minimum absolute atomic E-state index is 0. The van der Waals surface area contributed by atoms with Gasteiger partial charge in [0.1, 0.15) is 5.82 Å². The fourth-order valence-corrected chi connectivity index (χ4v) is 5.08. The first-order valence-corrected chi connectivity index (χ1v) is 12.1. The molecule has 0 radical (unpaired) electrons. The third-order valence-electron chi connectivity index (χ3n) is 6.16. The van der Waals surface area contributed by atoms with Gasteiger partial charge in [-0.15, -0.1) is 35.3 Å². The summed E-state index contributed by atoms with van der Waals surface area (Å²) in [4.78, 5) is 11.7. The van der Waals surface area contributed by atoms with Gasteiger partial charge in [0.05, 0.1) is 5.00 Å². The Kier molecular flexibility index (Phi) is 9.86. The molecule has 0 aliphatic carbocycles. The van der Waals surface area contributed by atoms with Gasteiger partial charge in [-0.2, -0.15) is 0 Å². The van der Waals surface area contributed by atoms with Crippen molar-refractivity contribution in [2.45, 2.75) is 18.9 Å². The molecule has 9 heteroatoms. The van der Waals surface area contributed by atoms with E-state index in [4.69, 9.17) is 0 Å². The molecule has 32 heavy (non-hydrogen) atoms. The van der Waals surface area contributed by atoms with Gasteiger partial charge in [0, 0.05) is 71.1 Å². The minimum Gasteiger partial charge on any atom is -0.369 e. The number of hydrogen-bond donors (Lipinski definition) is 2. The second-order valence-electron chi connectivity index (χ2n) is 8.16. The molecule has 2 aliphatic heterocycles. The van der Waals surface area contributed by atoms with Gasteiger partial charge in [0.25, 0.3) is 0 Å². The largest absolute Gasteiger partial charge is 0.369 e. The highest BCUT2D eigenvalue weighted by Crippen LogP contribution is 2.24. The van der Waals surface area contributed by atoms with Gasteiger partial charge in [-0.1, -0.05) is 0 Å². The molecule has 0 saturated carbocycles. The Balaban J connectivity index is 0.00000289. The van der Waals surface area contributed by atoms with E-state index < -0.39 is 0 Å². The van der Waals surface area contributed by atoms with Crippen molar-refractivity contribution in [3.8, 4) is 0 Å². The average Bonchev–Trinajstić information content (AvgIpc) is 3.35. The summed E-state index contributed by atoms with van der Waals surface area (Å²) >= 11 is 1.82. The van der Waals surface area contributed by atoms with Crippen LogP contribution >= 0.6 is 35.3 Å². The molecule has 2 N–H and O–H groups in total. The lowest BCUT2D eigenvalue weighted by Gasteiger charge is -2.36. The number of piperidine rings is 1. The van der Waals surface area contributed by atoms with E-state index in [0.29, 0.717) is 6.04 Å². The van der Waals surface area contributed by atoms with Crippen LogP contribution in [-0.2, 0) is 0 Å². The maximum absolute atomic E-state index is 13.1. The molecular formula is C23H34FIN6S. The van der Waals surface area contributed by atoms with Gasteiger partial charge < -0.3 is 20.4 Å². The van der Waals surface area contributed by atoms with Crippen molar-refractivity contribution in [1.82, 2.24) is 15.5 Å². The standard InChI is InChI=1S/C23H33FN6S.HI/c1-25-23(27-20-8-11-30(12-9-20)22-3-2-18-31-22)26-10-13-28-14-16-29(17-15-28)21-6-4-19(24)5-7-21;/h2-7,18,20H,8-17H2,1H3,(H2,25,26,27);1H. The Morgan fingerprint density at radius 2 is 1.75 bits per heavy atom. The lowest BCUT2D eigenvalue weighted by Crippen LogP contribution is -2.51. The SMILES string of the molecule is CN=C(NCCN1CCN(c2ccc(F)cc2)CC1)NC1CCN(c2cccs2)CC1.I. The van der Waals surface area contributed by atoms with Crippen LogP contribution in [0.2, 0.25) is 0 Å². The second-order valence-corrected chi connectivity index (χ2v) is 9.09. The van der Waals surface area contributed by atoms with Crippen LogP contribution in [0.1, 0.15) is 12.8 Å². The summed E-state index contributed by atoms with van der Waals surface area (Å²) in [6, 6.07) is 11.6. The Morgan fingerprint density at radius 1 is 1.03 bits per heavy atom. The summed E-state index contributed by atoms with van der Waals surface area (Å²) in [5.74, 6) is 0.725. The zero-order valence-corrected chi connectivity index (χ0v) is 21.8. The van der Waals surface area contributed by atoms with Crippen LogP contribution in [0.4, 0.5) is 15.1 Å². The van der Waals surface area contributed by atoms with Crippen molar-refractivity contribution in [2.24, 2.45) is 4.99 Å². The normalized spacial score (nSPS) is 18.4. The number of nitrogens with one attached hydrogen (secondary N) is 2. The summed E-state index contributed by atoms with van der Waals surface area (Å²) in [6.07, 6.45) is 2.26. The summed E-state index contributed by atoms with van der Waals surface area (Å²) < 4.78 is 13.1. The summed E-state index contributed by atoms with van der Waals surface area (Å²) in [5, 5.41) is 10.6. The molecule has 0 bridgehead atoms. The van der Waals surface area contributed by atoms with Gasteiger partial charge in [0.2, 0.25) is 0 Å². The molecule has 2 aliphatic rings. The highest BCUT2D eigenvalue weighted by Gasteiger charge is 2.21. The molecule has 2 saturated heterocycles. The number of hydrogen-bond acceptors (Lipinski definition) is 5. The van der Waals surface area contributed by atoms with E-state index >= 15 is 0 Å². The van der Waals surface area contributed by atoms with E-state index in [0.717, 1.165) is 76.8 Å². The molecule has 0 spiro atoms. The Morgan fingerprint density at radius 3 is 2.38 bits per heavy atom. The molecule has 2 fully saturated rings. The molecule has 1 aromatic carbocycles. The lowest BCUT2D eigenvalue weighted by atomic mass is 10.1. The number of halogens is 2. The molecule has 6 nitrogen and oxygen atoms in total. The topological polar surface area (TPSA) is 46.1 Å². The first-order chi connectivity index (χ1) is 15.2. The zero-order chi connectivity index (χ0) is 21.5. The molecule has 3 heterocycles. The van der Waals surface area contributed by atoms with Crippen molar-refractivity contribution in [3.05, 3.63) is 47.6 Å². The quantitative estimate of drug-likeness (QED) is 0.316. The summed E-state index contributed by atoms with van der Waals surface area (Å²) in [6.45, 7) is 8.04. The third kappa shape index (κ3) is 6.95. The van der Waals surface area contributed by atoms with E-state index in [-0.39, 0.29) is 29.8 Å². The smallest absolute Gasteiger partial charge is 0.191 e. The monoisotopic (exact) mass is 572 g/mol. The van der Waals surface area contributed by atoms with Crippen molar-refractivity contribution in [2.75, 3.05) is 69.2 Å². The van der Waals surface area contributed by atoms with Crippen molar-refractivity contribution < 1.29 is 4.39 Å². The number of aliphatic imine (C=N–C) groups is 1. The van der Waals surface area contributed by atoms with E-state index in [1.54, 1.807) is 0 Å². The molecule has 1 aromatic heterocycles. The highest BCUT2D eigenvalue weighted by atomic mass is 127. The molecule has 4 rings (SSSR count). The van der Waals surface area contributed by atoms with Gasteiger partial charge in [-0.3, -0.25) is 9.89 Å². The number of rotatable bonds is 6. The number of anilines is 2. The fourth-order valence-electron chi connectivity index (χ4n) is 4.30. The lowest BCUT2D eigenvalue weighted by molar-refractivity contribution is 0.261. The highest BCUT2D eigenvalue weighted by molar-refractivity contribution is 14.0. The van der Waals surface area contributed by atoms with Crippen molar-refractivity contribution in [1.29, 1.82) is 0 Å². The molecular weight excluding hydrogens is 538 g/mol. The second kappa shape index (κ2) is 12.6. The maximum Gasteiger partial charge on any atom is 0.191 e. The van der Waals surface area contributed by atoms with Crippen LogP contribution in [0.3, 0.4) is 0 Å². The van der Waals surface area contributed by atoms with Crippen molar-refractivity contribution in [3.63, 3.8) is 0 Å². The van der Waals surface area contributed by atoms with E-state index in [2.05, 4.69) is 47.8 Å². The molecule has 0 unspecified atom stereocenters. The Hall–Kier alpha value is -1.59. The number of guanidine groups is 1. The third-order valence-corrected chi connectivity index (χ3v) is 7.09. The molecule has 0 atom stereocenters. The van der Waals surface area contributed by atoms with E-state index in [1.807, 2.05) is 30.5 Å². The van der Waals surface area contributed by atoms with Crippen LogP contribution in [0.15, 0.2) is 46.8 Å². The van der Waals surface area contributed by atoms with Crippen LogP contribution in [0.5, 0.6) is 0 Å². The number of piperazine rings is 1. The van der Waals surface area contributed by atoms with Crippen LogP contribution in [0, 0.1) is 5.82 Å².